The van der Waals surface area contributed by atoms with Gasteiger partial charge < -0.3 is 125 Å². The Bertz CT molecular complexity index is 4410. The van der Waals surface area contributed by atoms with Crippen LogP contribution in [-0.4, -0.2) is 271 Å². The molecule has 0 fully saturated rings. The molecule has 30 nitrogen and oxygen atoms in total. The van der Waals surface area contributed by atoms with Crippen LogP contribution in [0.25, 0.3) is 0 Å². The zero-order chi connectivity index (χ0) is 109. The Kier molecular flexibility index (Phi) is 63.8. The molecule has 0 aliphatic carbocycles. The third kappa shape index (κ3) is 63.2. The van der Waals surface area contributed by atoms with Crippen molar-refractivity contribution in [1.82, 2.24) is 26.6 Å². The van der Waals surface area contributed by atoms with Crippen LogP contribution < -0.4 is 26.6 Å². The Morgan fingerprint density at radius 1 is 0.193 bits per heavy atom. The molecular weight excluding hydrogens is 1910 g/mol. The van der Waals surface area contributed by atoms with Gasteiger partial charge in [-0.3, -0.25) is 24.0 Å². The van der Waals surface area contributed by atoms with Crippen molar-refractivity contribution in [2.24, 2.45) is 0 Å². The summed E-state index contributed by atoms with van der Waals surface area (Å²) in [5.74, 6) is 0.936. The van der Waals surface area contributed by atoms with E-state index in [-0.39, 0.29) is 152 Å². The molecule has 10 aromatic rings. The van der Waals surface area contributed by atoms with Gasteiger partial charge in [-0.1, -0.05) is 212 Å². The van der Waals surface area contributed by atoms with Gasteiger partial charge in [-0.25, -0.2) is 0 Å². The predicted molar refractivity (Wildman–Crippen MR) is 582 cm³/mol. The van der Waals surface area contributed by atoms with Crippen LogP contribution in [0.5, 0.6) is 28.7 Å². The predicted octanol–water partition coefficient (Wildman–Crippen LogP) is 14.3. The summed E-state index contributed by atoms with van der Waals surface area (Å²) in [6.07, 6.45) is 5.11. The molecule has 0 aliphatic heterocycles. The number of hydrogen-bond acceptors (Lipinski definition) is 25. The van der Waals surface area contributed by atoms with Gasteiger partial charge >= 0.3 is 0 Å². The third-order valence-corrected chi connectivity index (χ3v) is 22.8. The first kappa shape index (κ1) is 127. The molecule has 10 aromatic carbocycles. The van der Waals surface area contributed by atoms with Crippen molar-refractivity contribution in [2.45, 2.75) is 257 Å². The van der Waals surface area contributed by atoms with E-state index in [1.54, 1.807) is 95.3 Å². The maximum absolute atomic E-state index is 12.5. The van der Waals surface area contributed by atoms with Crippen molar-refractivity contribution >= 4 is 29.5 Å². The topological polar surface area (TPSA) is 440 Å². The Balaban J connectivity index is 0.000000286. The van der Waals surface area contributed by atoms with Crippen LogP contribution in [0.15, 0.2) is 273 Å². The Hall–Kier alpha value is -12.1. The van der Waals surface area contributed by atoms with Crippen LogP contribution in [0.3, 0.4) is 0 Å². The number of ether oxygens (including phenoxy) is 10. The van der Waals surface area contributed by atoms with Crippen molar-refractivity contribution < 1.29 is 122 Å². The first-order valence-corrected chi connectivity index (χ1v) is 52.0. The minimum Gasteiger partial charge on any atom is -0.508 e. The molecular formula is C120H165N5O25. The second kappa shape index (κ2) is 75.6. The number of aryl methyl sites for hydroxylation is 5. The van der Waals surface area contributed by atoms with Crippen LogP contribution in [0.1, 0.15) is 157 Å². The number of phenolic OH excluding ortho intramolecular Hbond substituents is 5. The first-order chi connectivity index (χ1) is 72.1. The summed E-state index contributed by atoms with van der Waals surface area (Å²) in [7, 11) is 0. The Morgan fingerprint density at radius 3 is 0.467 bits per heavy atom. The van der Waals surface area contributed by atoms with Crippen molar-refractivity contribution in [3.8, 4) is 28.7 Å². The molecule has 150 heavy (non-hydrogen) atoms. The van der Waals surface area contributed by atoms with E-state index in [0.717, 1.165) is 55.6 Å². The van der Waals surface area contributed by atoms with Crippen molar-refractivity contribution in [3.05, 3.63) is 329 Å². The summed E-state index contributed by atoms with van der Waals surface area (Å²) in [5.41, 5.74) is 10.7. The number of carbonyl (C=O) groups excluding carboxylic acids is 5. The number of phenols is 5. The van der Waals surface area contributed by atoms with Crippen molar-refractivity contribution in [3.63, 3.8) is 0 Å². The molecule has 820 valence electrons. The monoisotopic (exact) mass is 2080 g/mol. The largest absolute Gasteiger partial charge is 0.508 e. The molecule has 0 spiro atoms. The van der Waals surface area contributed by atoms with Crippen molar-refractivity contribution in [1.29, 1.82) is 0 Å². The highest BCUT2D eigenvalue weighted by Crippen LogP contribution is 2.21. The SMILES string of the molecule is CC(COCC(Cc1ccc(O)cc1)NC(=O)CCc1ccccc1)OC[C@@H](C)O.CC(COCC(Cc1ccc(O)cc1)NC(=O)CCc1ccccc1)OC[C@H](C)O.CC(O)CO[C@@H](C)COCC(Cc1ccc(O)cc1)NC(=O)CCc1ccccc1.CC(O)CO[C@H](C)COCC(Cc1ccc(O)cc1)NC(=O)CCc1ccccc1.CC(O)CO[C@H](C)COC[C@@H](Cc1ccc(O)cc1)NC(=O)CCc1ccccc1. The molecule has 9 unspecified atom stereocenters. The van der Waals surface area contributed by atoms with Crippen molar-refractivity contribution in [2.75, 3.05) is 99.1 Å². The summed E-state index contributed by atoms with van der Waals surface area (Å²) >= 11 is 0. The molecule has 5 amide bonds. The van der Waals surface area contributed by atoms with Gasteiger partial charge in [0.2, 0.25) is 29.5 Å². The maximum atomic E-state index is 12.5. The molecule has 30 heteroatoms. The highest BCUT2D eigenvalue weighted by Gasteiger charge is 2.23. The number of benzene rings is 10. The van der Waals surface area contributed by atoms with E-state index in [0.29, 0.717) is 162 Å². The number of aromatic hydroxyl groups is 5. The quantitative estimate of drug-likeness (QED) is 0.0168. The first-order valence-electron chi connectivity index (χ1n) is 52.0. The minimum atomic E-state index is -0.515. The summed E-state index contributed by atoms with van der Waals surface area (Å²) < 4.78 is 56.4. The number of rotatable bonds is 65. The van der Waals surface area contributed by atoms with E-state index >= 15 is 0 Å². The number of nitrogens with one attached hydrogen (secondary N) is 5. The molecule has 0 saturated carbocycles. The van der Waals surface area contributed by atoms with Gasteiger partial charge in [0.1, 0.15) is 28.7 Å². The average Bonchev–Trinajstić information content (AvgIpc) is 0.904. The molecule has 0 saturated heterocycles. The molecule has 15 atom stereocenters. The van der Waals surface area contributed by atoms with Gasteiger partial charge in [-0.2, -0.15) is 0 Å². The summed E-state index contributed by atoms with van der Waals surface area (Å²) in [4.78, 5) is 62.4. The molecule has 0 aliphatic rings. The number of aliphatic hydroxyl groups is 5. The third-order valence-electron chi connectivity index (χ3n) is 22.8. The molecule has 0 bridgehead atoms. The summed E-state index contributed by atoms with van der Waals surface area (Å²) in [5, 5.41) is 109. The van der Waals surface area contributed by atoms with E-state index in [9.17, 15) is 75.0 Å². The van der Waals surface area contributed by atoms with Crippen LogP contribution in [0.2, 0.25) is 0 Å². The highest BCUT2D eigenvalue weighted by molar-refractivity contribution is 5.78. The second-order valence-electron chi connectivity index (χ2n) is 38.3. The van der Waals surface area contributed by atoms with E-state index in [2.05, 4.69) is 26.6 Å². The van der Waals surface area contributed by atoms with Gasteiger partial charge in [-0.05, 0) is 250 Å². The number of hydrogen-bond donors (Lipinski definition) is 15. The van der Waals surface area contributed by atoms with Gasteiger partial charge in [0.15, 0.2) is 0 Å². The van der Waals surface area contributed by atoms with Crippen LogP contribution in [0, 0.1) is 0 Å². The lowest BCUT2D eigenvalue weighted by Gasteiger charge is -2.21. The van der Waals surface area contributed by atoms with Crippen LogP contribution >= 0.6 is 0 Å². The van der Waals surface area contributed by atoms with E-state index in [1.165, 1.54) is 0 Å². The minimum absolute atomic E-state index is 0.0235. The Morgan fingerprint density at radius 2 is 0.333 bits per heavy atom. The number of carbonyl (C=O) groups is 5. The average molecular weight is 2080 g/mol. The standard InChI is InChI=1S/5C24H33NO5/c5*1-18(26)15-30-19(2)16-29-17-22(14-21-8-11-23(27)12-9-21)25-24(28)13-10-20-6-4-3-5-7-20/h5*3-9,11-12,18-19,22,26-27H,10,13-17H2,1-2H3,(H,25,28)/t2*18?,19-,22?;18?,19-,22-;2*18-,19?,22?/m10110/s1. The molecule has 0 heterocycles. The lowest BCUT2D eigenvalue weighted by molar-refractivity contribution is -0.123. The smallest absolute Gasteiger partial charge is 0.220 e. The van der Waals surface area contributed by atoms with Gasteiger partial charge in [-0.15, -0.1) is 0 Å². The number of amides is 5. The lowest BCUT2D eigenvalue weighted by atomic mass is 10.1. The van der Waals surface area contributed by atoms with Gasteiger partial charge in [0.05, 0.1) is 190 Å². The Labute approximate surface area is 886 Å². The zero-order valence-electron chi connectivity index (χ0n) is 89.0. The molecule has 0 aromatic heterocycles. The summed E-state index contributed by atoms with van der Waals surface area (Å²) in [6, 6.07) is 83.4. The number of aliphatic hydroxyl groups excluding tert-OH is 5. The lowest BCUT2D eigenvalue weighted by Crippen LogP contribution is -2.40. The zero-order valence-corrected chi connectivity index (χ0v) is 89.0. The molecule has 10 rings (SSSR count). The highest BCUT2D eigenvalue weighted by atomic mass is 16.6. The van der Waals surface area contributed by atoms with E-state index < -0.39 is 30.5 Å². The normalized spacial score (nSPS) is 14.1. The van der Waals surface area contributed by atoms with E-state index in [1.807, 2.05) is 247 Å². The van der Waals surface area contributed by atoms with Crippen LogP contribution in [0.4, 0.5) is 0 Å². The summed E-state index contributed by atoms with van der Waals surface area (Å²) in [6.45, 7) is 22.7. The fourth-order valence-electron chi connectivity index (χ4n) is 15.0. The molecule has 15 N–H and O–H groups in total. The molecule has 0 radical (unpaired) electrons. The second-order valence-corrected chi connectivity index (χ2v) is 38.3. The van der Waals surface area contributed by atoms with E-state index in [4.69, 9.17) is 47.4 Å². The fourth-order valence-corrected chi connectivity index (χ4v) is 15.0. The maximum Gasteiger partial charge on any atom is 0.220 e. The van der Waals surface area contributed by atoms with Crippen LogP contribution in [-0.2, 0) is 136 Å². The van der Waals surface area contributed by atoms with Gasteiger partial charge in [0, 0.05) is 32.1 Å². The fraction of sp³-hybridized carbons (Fsp3) is 0.458. The van der Waals surface area contributed by atoms with Gasteiger partial charge in [0.25, 0.3) is 0 Å².